The minimum Gasteiger partial charge on any atom is -0.456 e. The highest BCUT2D eigenvalue weighted by atomic mass is 16.5. The van der Waals surface area contributed by atoms with Gasteiger partial charge in [-0.1, -0.05) is 34.9 Å². The van der Waals surface area contributed by atoms with Crippen LogP contribution in [0, 0.1) is 0 Å². The molecule has 0 aliphatic carbocycles. The number of esters is 1. The molecule has 0 radical (unpaired) electrons. The number of allylic oxidation sites excluding steroid dienone is 5. The first-order valence-corrected chi connectivity index (χ1v) is 11.1. The predicted octanol–water partition coefficient (Wildman–Crippen LogP) is 6.60. The van der Waals surface area contributed by atoms with E-state index in [4.69, 9.17) is 4.74 Å². The lowest BCUT2D eigenvalue weighted by Crippen LogP contribution is -2.52. The molecule has 3 nitrogen and oxygen atoms in total. The summed E-state index contributed by atoms with van der Waals surface area (Å²) in [6.45, 7) is 21.0. The largest absolute Gasteiger partial charge is 0.456 e. The van der Waals surface area contributed by atoms with Gasteiger partial charge in [-0.2, -0.15) is 0 Å². The highest BCUT2D eigenvalue weighted by Gasteiger charge is 2.27. The van der Waals surface area contributed by atoms with Crippen molar-refractivity contribution >= 4 is 5.97 Å². The first kappa shape index (κ1) is 26.6. The Morgan fingerprint density at radius 1 is 0.821 bits per heavy atom. The number of nitrogens with zero attached hydrogens (tertiary/aromatic N) is 1. The van der Waals surface area contributed by atoms with Crippen molar-refractivity contribution in [1.29, 1.82) is 0 Å². The number of quaternary nitrogens is 1. The van der Waals surface area contributed by atoms with E-state index in [9.17, 15) is 4.79 Å². The zero-order valence-corrected chi connectivity index (χ0v) is 19.9. The Balaban J connectivity index is 4.69. The smallest absolute Gasteiger partial charge is 0.303 e. The summed E-state index contributed by atoms with van der Waals surface area (Å²) in [6.07, 6.45) is 12.2. The van der Waals surface area contributed by atoms with Crippen molar-refractivity contribution in [3.63, 3.8) is 0 Å². The van der Waals surface area contributed by atoms with Crippen LogP contribution in [-0.4, -0.2) is 42.7 Å². The van der Waals surface area contributed by atoms with Gasteiger partial charge in [-0.15, -0.1) is 0 Å². The average Bonchev–Trinajstić information content (AvgIpc) is 2.63. The van der Waals surface area contributed by atoms with Crippen molar-refractivity contribution in [2.75, 3.05) is 26.2 Å². The van der Waals surface area contributed by atoms with E-state index in [1.165, 1.54) is 23.6 Å². The number of carbonyl (C=O) groups excluding carboxylic acids is 1. The maximum Gasteiger partial charge on any atom is 0.303 e. The summed E-state index contributed by atoms with van der Waals surface area (Å²) < 4.78 is 6.65. The molecule has 0 bridgehead atoms. The SMILES string of the molecule is CC[N+](CC)(CC)CC(CC=C(C)CCC=C(C)CCC=C(C)C)OC(C)=O. The molecular formula is C25H46NO2+. The van der Waals surface area contributed by atoms with E-state index in [-0.39, 0.29) is 12.1 Å². The quantitative estimate of drug-likeness (QED) is 0.189. The molecular weight excluding hydrogens is 346 g/mol. The molecule has 0 aromatic heterocycles. The zero-order valence-electron chi connectivity index (χ0n) is 19.9. The van der Waals surface area contributed by atoms with Crippen LogP contribution in [0.2, 0.25) is 0 Å². The highest BCUT2D eigenvalue weighted by Crippen LogP contribution is 2.16. The highest BCUT2D eigenvalue weighted by molar-refractivity contribution is 5.66. The second-order valence-corrected chi connectivity index (χ2v) is 8.40. The third-order valence-corrected chi connectivity index (χ3v) is 5.79. The van der Waals surface area contributed by atoms with Gasteiger partial charge >= 0.3 is 5.97 Å². The Kier molecular flexibility index (Phi) is 13.9. The van der Waals surface area contributed by atoms with Crippen LogP contribution in [0.3, 0.4) is 0 Å². The van der Waals surface area contributed by atoms with Gasteiger partial charge in [0.25, 0.3) is 0 Å². The summed E-state index contributed by atoms with van der Waals surface area (Å²) in [4.78, 5) is 11.6. The fourth-order valence-electron chi connectivity index (χ4n) is 3.56. The Morgan fingerprint density at radius 3 is 1.79 bits per heavy atom. The number of hydrogen-bond acceptors (Lipinski definition) is 2. The van der Waals surface area contributed by atoms with Crippen molar-refractivity contribution in [3.8, 4) is 0 Å². The van der Waals surface area contributed by atoms with Crippen LogP contribution in [0.4, 0.5) is 0 Å². The maximum absolute atomic E-state index is 11.6. The molecule has 0 saturated heterocycles. The Hall–Kier alpha value is -1.35. The normalized spacial score (nSPS) is 14.0. The van der Waals surface area contributed by atoms with Gasteiger partial charge in [0.1, 0.15) is 6.54 Å². The number of likely N-dealkylation sites (N-methyl/N-ethyl adjacent to an activating group) is 1. The van der Waals surface area contributed by atoms with E-state index in [1.54, 1.807) is 0 Å². The first-order valence-electron chi connectivity index (χ1n) is 11.1. The predicted molar refractivity (Wildman–Crippen MR) is 122 cm³/mol. The van der Waals surface area contributed by atoms with Crippen LogP contribution in [0.15, 0.2) is 34.9 Å². The van der Waals surface area contributed by atoms with Crippen molar-refractivity contribution in [1.82, 2.24) is 0 Å². The molecule has 0 aliphatic rings. The fraction of sp³-hybridized carbons (Fsp3) is 0.720. The van der Waals surface area contributed by atoms with Gasteiger partial charge in [0.05, 0.1) is 19.6 Å². The molecule has 0 aromatic rings. The summed E-state index contributed by atoms with van der Waals surface area (Å²) in [6, 6.07) is 0. The molecule has 0 rings (SSSR count). The van der Waals surface area contributed by atoms with E-state index in [0.29, 0.717) is 0 Å². The van der Waals surface area contributed by atoms with Crippen LogP contribution < -0.4 is 0 Å². The molecule has 0 N–H and O–H groups in total. The van der Waals surface area contributed by atoms with Crippen LogP contribution >= 0.6 is 0 Å². The molecule has 0 aliphatic heterocycles. The summed E-state index contributed by atoms with van der Waals surface area (Å²) >= 11 is 0. The van der Waals surface area contributed by atoms with Gasteiger partial charge in [0.15, 0.2) is 6.10 Å². The fourth-order valence-corrected chi connectivity index (χ4v) is 3.56. The Bertz CT molecular complexity index is 526. The van der Waals surface area contributed by atoms with Gasteiger partial charge in [-0.25, -0.2) is 0 Å². The minimum atomic E-state index is -0.174. The molecule has 0 spiro atoms. The van der Waals surface area contributed by atoms with Gasteiger partial charge in [0, 0.05) is 13.3 Å². The molecule has 0 amide bonds. The van der Waals surface area contributed by atoms with Crippen LogP contribution in [0.5, 0.6) is 0 Å². The molecule has 0 aromatic carbocycles. The number of ether oxygens (including phenoxy) is 1. The van der Waals surface area contributed by atoms with Gasteiger partial charge in [-0.3, -0.25) is 4.79 Å². The Labute approximate surface area is 175 Å². The topological polar surface area (TPSA) is 26.3 Å². The molecule has 0 saturated carbocycles. The lowest BCUT2D eigenvalue weighted by molar-refractivity contribution is -0.925. The average molecular weight is 393 g/mol. The third-order valence-electron chi connectivity index (χ3n) is 5.79. The van der Waals surface area contributed by atoms with Crippen molar-refractivity contribution in [2.45, 2.75) is 93.6 Å². The first-order chi connectivity index (χ1) is 13.2. The van der Waals surface area contributed by atoms with Crippen molar-refractivity contribution in [2.24, 2.45) is 0 Å². The molecule has 1 unspecified atom stereocenters. The molecule has 1 atom stereocenters. The van der Waals surface area contributed by atoms with E-state index < -0.39 is 0 Å². The third kappa shape index (κ3) is 12.2. The van der Waals surface area contributed by atoms with E-state index >= 15 is 0 Å². The van der Waals surface area contributed by atoms with Crippen LogP contribution in [-0.2, 0) is 9.53 Å². The lowest BCUT2D eigenvalue weighted by Gasteiger charge is -2.38. The monoisotopic (exact) mass is 392 g/mol. The van der Waals surface area contributed by atoms with Gasteiger partial charge < -0.3 is 9.22 Å². The standard InChI is InChI=1S/C25H46NO2/c1-9-26(10-2,11-3)20-25(28-24(8)27)19-18-23(7)17-13-16-22(6)15-12-14-21(4)5/h14,16,18,25H,9-13,15,17,19-20H2,1-8H3/q+1. The van der Waals surface area contributed by atoms with Crippen molar-refractivity contribution in [3.05, 3.63) is 34.9 Å². The summed E-state index contributed by atoms with van der Waals surface area (Å²) in [5.41, 5.74) is 4.25. The molecule has 28 heavy (non-hydrogen) atoms. The maximum atomic E-state index is 11.6. The molecule has 162 valence electrons. The molecule has 0 heterocycles. The zero-order chi connectivity index (χ0) is 21.6. The molecule has 3 heteroatoms. The minimum absolute atomic E-state index is 0.0337. The van der Waals surface area contributed by atoms with Crippen LogP contribution in [0.1, 0.15) is 87.5 Å². The van der Waals surface area contributed by atoms with E-state index in [1.807, 2.05) is 0 Å². The number of hydrogen-bond donors (Lipinski definition) is 0. The molecule has 0 fully saturated rings. The van der Waals surface area contributed by atoms with Gasteiger partial charge in [0.2, 0.25) is 0 Å². The summed E-state index contributed by atoms with van der Waals surface area (Å²) in [7, 11) is 0. The van der Waals surface area contributed by atoms with Crippen LogP contribution in [0.25, 0.3) is 0 Å². The number of carbonyl (C=O) groups is 1. The van der Waals surface area contributed by atoms with E-state index in [0.717, 1.165) is 62.8 Å². The van der Waals surface area contributed by atoms with E-state index in [2.05, 4.69) is 66.7 Å². The summed E-state index contributed by atoms with van der Waals surface area (Å²) in [5, 5.41) is 0. The summed E-state index contributed by atoms with van der Waals surface area (Å²) in [5.74, 6) is -0.174. The number of rotatable bonds is 14. The van der Waals surface area contributed by atoms with Gasteiger partial charge in [-0.05, 0) is 74.1 Å². The van der Waals surface area contributed by atoms with Crippen molar-refractivity contribution < 1.29 is 14.0 Å². The lowest BCUT2D eigenvalue weighted by atomic mass is 10.0. The Morgan fingerprint density at radius 2 is 1.32 bits per heavy atom. The second-order valence-electron chi connectivity index (χ2n) is 8.40. The second kappa shape index (κ2) is 14.6.